The van der Waals surface area contributed by atoms with Gasteiger partial charge in [0.05, 0.1) is 0 Å². The number of carbonyl (C=O) groups excluding carboxylic acids is 2. The van der Waals surface area contributed by atoms with Crippen molar-refractivity contribution in [3.63, 3.8) is 0 Å². The van der Waals surface area contributed by atoms with Gasteiger partial charge >= 0.3 is 0 Å². The molecule has 1 aromatic rings. The number of hydrogen-bond acceptors (Lipinski definition) is 3. The number of Topliss-reactive ketones (excluding diaryl/α,β-unsaturated/α-hetero) is 1. The van der Waals surface area contributed by atoms with E-state index in [0.29, 0.717) is 17.5 Å². The summed E-state index contributed by atoms with van der Waals surface area (Å²) in [4.78, 5) is 22.8. The highest BCUT2D eigenvalue weighted by molar-refractivity contribution is 5.97. The van der Waals surface area contributed by atoms with Crippen LogP contribution in [0.1, 0.15) is 41.0 Å². The van der Waals surface area contributed by atoms with Crippen LogP contribution in [-0.4, -0.2) is 29.4 Å². The number of rotatable bonds is 5. The van der Waals surface area contributed by atoms with Crippen LogP contribution in [0, 0.1) is 0 Å². The maximum Gasteiger partial charge on any atom is 0.251 e. The molecule has 0 heterocycles. The zero-order valence-corrected chi connectivity index (χ0v) is 10.1. The summed E-state index contributed by atoms with van der Waals surface area (Å²) in [6.45, 7) is 3.36. The van der Waals surface area contributed by atoms with Crippen LogP contribution in [0.2, 0.25) is 0 Å². The minimum absolute atomic E-state index is 0.0226. The van der Waals surface area contributed by atoms with E-state index >= 15 is 0 Å². The molecule has 0 aliphatic heterocycles. The highest BCUT2D eigenvalue weighted by Gasteiger charge is 2.09. The number of aliphatic hydroxyl groups is 1. The van der Waals surface area contributed by atoms with Gasteiger partial charge in [0, 0.05) is 23.8 Å². The van der Waals surface area contributed by atoms with E-state index in [1.54, 1.807) is 24.3 Å². The van der Waals surface area contributed by atoms with Gasteiger partial charge in [0.15, 0.2) is 5.78 Å². The number of amides is 1. The molecule has 1 atom stereocenters. The maximum atomic E-state index is 11.7. The molecule has 0 aliphatic carbocycles. The van der Waals surface area contributed by atoms with Crippen LogP contribution < -0.4 is 5.32 Å². The number of carbonyl (C=O) groups is 2. The molecule has 17 heavy (non-hydrogen) atoms. The number of ketones is 1. The van der Waals surface area contributed by atoms with Crippen LogP contribution in [0.25, 0.3) is 0 Å². The first-order chi connectivity index (χ1) is 8.04. The fourth-order valence-corrected chi connectivity index (χ4v) is 1.43. The van der Waals surface area contributed by atoms with Gasteiger partial charge in [-0.15, -0.1) is 0 Å². The van der Waals surface area contributed by atoms with Crippen LogP contribution in [-0.2, 0) is 0 Å². The van der Waals surface area contributed by atoms with Gasteiger partial charge in [0.1, 0.15) is 0 Å². The van der Waals surface area contributed by atoms with Crippen LogP contribution in [0.3, 0.4) is 0 Å². The van der Waals surface area contributed by atoms with Gasteiger partial charge in [-0.1, -0.05) is 12.1 Å². The second-order valence-corrected chi connectivity index (χ2v) is 4.02. The molecule has 1 unspecified atom stereocenters. The monoisotopic (exact) mass is 235 g/mol. The lowest BCUT2D eigenvalue weighted by Crippen LogP contribution is -2.33. The average Bonchev–Trinajstić information content (AvgIpc) is 2.29. The van der Waals surface area contributed by atoms with Gasteiger partial charge < -0.3 is 10.4 Å². The van der Waals surface area contributed by atoms with Gasteiger partial charge in [-0.2, -0.15) is 0 Å². The zero-order chi connectivity index (χ0) is 12.8. The summed E-state index contributed by atoms with van der Waals surface area (Å²) in [5.41, 5.74) is 1.10. The van der Waals surface area contributed by atoms with Crippen LogP contribution >= 0.6 is 0 Å². The first-order valence-corrected chi connectivity index (χ1v) is 5.57. The third-order valence-electron chi connectivity index (χ3n) is 2.49. The van der Waals surface area contributed by atoms with E-state index in [1.165, 1.54) is 6.92 Å². The van der Waals surface area contributed by atoms with E-state index in [-0.39, 0.29) is 24.3 Å². The molecule has 0 saturated carbocycles. The Labute approximate surface area is 101 Å². The van der Waals surface area contributed by atoms with Gasteiger partial charge in [0.25, 0.3) is 5.91 Å². The van der Waals surface area contributed by atoms with Crippen molar-refractivity contribution in [3.05, 3.63) is 35.4 Å². The van der Waals surface area contributed by atoms with Crippen molar-refractivity contribution in [2.24, 2.45) is 0 Å². The Balaban J connectivity index is 2.66. The Hall–Kier alpha value is -1.68. The van der Waals surface area contributed by atoms with Gasteiger partial charge in [-0.05, 0) is 32.4 Å². The fourth-order valence-electron chi connectivity index (χ4n) is 1.43. The van der Waals surface area contributed by atoms with Crippen molar-refractivity contribution < 1.29 is 14.7 Å². The summed E-state index contributed by atoms with van der Waals surface area (Å²) in [6.07, 6.45) is 0.525. The van der Waals surface area contributed by atoms with Crippen LogP contribution in [0.15, 0.2) is 24.3 Å². The second-order valence-electron chi connectivity index (χ2n) is 4.02. The van der Waals surface area contributed by atoms with Crippen LogP contribution in [0.5, 0.6) is 0 Å². The normalized spacial score (nSPS) is 11.9. The molecule has 0 radical (unpaired) electrons. The van der Waals surface area contributed by atoms with Gasteiger partial charge in [-0.25, -0.2) is 0 Å². The summed E-state index contributed by atoms with van der Waals surface area (Å²) in [6, 6.07) is 6.44. The van der Waals surface area contributed by atoms with Crippen molar-refractivity contribution >= 4 is 11.7 Å². The molecule has 1 aromatic carbocycles. The largest absolute Gasteiger partial charge is 0.396 e. The lowest BCUT2D eigenvalue weighted by molar-refractivity contribution is 0.0932. The van der Waals surface area contributed by atoms with Crippen molar-refractivity contribution in [1.82, 2.24) is 5.32 Å². The third-order valence-corrected chi connectivity index (χ3v) is 2.49. The number of hydrogen-bond donors (Lipinski definition) is 2. The minimum atomic E-state index is -0.193. The minimum Gasteiger partial charge on any atom is -0.396 e. The summed E-state index contributed by atoms with van der Waals surface area (Å²) in [5.74, 6) is -0.216. The zero-order valence-electron chi connectivity index (χ0n) is 10.1. The molecule has 92 valence electrons. The summed E-state index contributed by atoms with van der Waals surface area (Å²) in [7, 11) is 0. The Kier molecular flexibility index (Phi) is 4.84. The predicted octanol–water partition coefficient (Wildman–Crippen LogP) is 1.39. The highest BCUT2D eigenvalue weighted by Crippen LogP contribution is 2.05. The fraction of sp³-hybridized carbons (Fsp3) is 0.385. The van der Waals surface area contributed by atoms with Gasteiger partial charge in [-0.3, -0.25) is 9.59 Å². The topological polar surface area (TPSA) is 66.4 Å². The van der Waals surface area contributed by atoms with Crippen molar-refractivity contribution in [2.45, 2.75) is 26.3 Å². The summed E-state index contributed by atoms with van der Waals surface area (Å²) < 4.78 is 0. The lowest BCUT2D eigenvalue weighted by atomic mass is 10.1. The lowest BCUT2D eigenvalue weighted by Gasteiger charge is -2.12. The molecule has 0 fully saturated rings. The number of nitrogens with one attached hydrogen (secondary N) is 1. The standard InChI is InChI=1S/C13H17NO3/c1-9(7-8-15)14-13(17)12-5-3-11(4-6-12)10(2)16/h3-6,9,15H,7-8H2,1-2H3,(H,14,17). The molecule has 0 spiro atoms. The quantitative estimate of drug-likeness (QED) is 0.758. The predicted molar refractivity (Wildman–Crippen MR) is 65.1 cm³/mol. The molecule has 1 rings (SSSR count). The van der Waals surface area contributed by atoms with E-state index in [4.69, 9.17) is 5.11 Å². The average molecular weight is 235 g/mol. The molecule has 2 N–H and O–H groups in total. The molecular formula is C13H17NO3. The molecule has 0 aliphatic rings. The first kappa shape index (κ1) is 13.4. The number of benzene rings is 1. The maximum absolute atomic E-state index is 11.7. The summed E-state index contributed by atoms with van der Waals surface area (Å²) >= 11 is 0. The van der Waals surface area contributed by atoms with Crippen molar-refractivity contribution in [1.29, 1.82) is 0 Å². The molecular weight excluding hydrogens is 218 g/mol. The Morgan fingerprint density at radius 2 is 1.76 bits per heavy atom. The van der Waals surface area contributed by atoms with Gasteiger partial charge in [0.2, 0.25) is 0 Å². The SMILES string of the molecule is CC(=O)c1ccc(C(=O)NC(C)CCO)cc1. The van der Waals surface area contributed by atoms with Crippen molar-refractivity contribution in [2.75, 3.05) is 6.61 Å². The van der Waals surface area contributed by atoms with E-state index in [9.17, 15) is 9.59 Å². The molecule has 0 aromatic heterocycles. The van der Waals surface area contributed by atoms with E-state index in [0.717, 1.165) is 0 Å². The molecule has 1 amide bonds. The second kappa shape index (κ2) is 6.15. The Bertz CT molecular complexity index is 398. The Morgan fingerprint density at radius 3 is 2.24 bits per heavy atom. The highest BCUT2D eigenvalue weighted by atomic mass is 16.3. The van der Waals surface area contributed by atoms with E-state index < -0.39 is 0 Å². The first-order valence-electron chi connectivity index (χ1n) is 5.57. The van der Waals surface area contributed by atoms with E-state index in [2.05, 4.69) is 5.32 Å². The summed E-state index contributed by atoms with van der Waals surface area (Å²) in [5, 5.41) is 11.5. The van der Waals surface area contributed by atoms with Crippen molar-refractivity contribution in [3.8, 4) is 0 Å². The third kappa shape index (κ3) is 4.00. The van der Waals surface area contributed by atoms with E-state index in [1.807, 2.05) is 6.92 Å². The van der Waals surface area contributed by atoms with Crippen LogP contribution in [0.4, 0.5) is 0 Å². The smallest absolute Gasteiger partial charge is 0.251 e. The Morgan fingerprint density at radius 1 is 1.24 bits per heavy atom. The molecule has 4 heteroatoms. The molecule has 0 bridgehead atoms. The number of aliphatic hydroxyl groups excluding tert-OH is 1. The molecule has 4 nitrogen and oxygen atoms in total. The molecule has 0 saturated heterocycles.